The van der Waals surface area contributed by atoms with Crippen LogP contribution in [0.3, 0.4) is 0 Å². The van der Waals surface area contributed by atoms with Gasteiger partial charge in [-0.05, 0) is 49.2 Å². The van der Waals surface area contributed by atoms with E-state index in [4.69, 9.17) is 5.73 Å². The fourth-order valence-corrected chi connectivity index (χ4v) is 3.21. The van der Waals surface area contributed by atoms with Crippen molar-refractivity contribution in [3.8, 4) is 0 Å². The number of hydrogen-bond donors (Lipinski definition) is 1. The summed E-state index contributed by atoms with van der Waals surface area (Å²) in [5, 5.41) is 0. The molecule has 0 bridgehead atoms. The predicted molar refractivity (Wildman–Crippen MR) is 75.4 cm³/mol. The highest BCUT2D eigenvalue weighted by Crippen LogP contribution is 2.22. The van der Waals surface area contributed by atoms with E-state index in [0.717, 1.165) is 17.7 Å². The Labute approximate surface area is 117 Å². The molecule has 0 atom stereocenters. The number of nitrogens with zero attached hydrogens (tertiary/aromatic N) is 1. The Balaban J connectivity index is 2.38. The first-order valence-electron chi connectivity index (χ1n) is 6.00. The minimum atomic E-state index is -3.57. The lowest BCUT2D eigenvalue weighted by Crippen LogP contribution is -2.09. The molecule has 1 heterocycles. The lowest BCUT2D eigenvalue weighted by Gasteiger charge is -2.10. The van der Waals surface area contributed by atoms with E-state index in [2.05, 4.69) is 4.98 Å². The number of aryl methyl sites for hydroxylation is 1. The highest BCUT2D eigenvalue weighted by atomic mass is 32.2. The van der Waals surface area contributed by atoms with Crippen LogP contribution in [0.15, 0.2) is 35.4 Å². The Bertz CT molecular complexity index is 741. The quantitative estimate of drug-likeness (QED) is 0.882. The smallest absolute Gasteiger partial charge is 0.184 e. The fourth-order valence-electron chi connectivity index (χ4n) is 1.84. The summed E-state index contributed by atoms with van der Waals surface area (Å²) in [6.07, 6.45) is 1.55. The molecule has 0 fully saturated rings. The van der Waals surface area contributed by atoms with Gasteiger partial charge in [-0.2, -0.15) is 0 Å². The predicted octanol–water partition coefficient (Wildman–Crippen LogP) is 2.39. The Morgan fingerprint density at radius 1 is 1.20 bits per heavy atom. The Hall–Kier alpha value is -1.95. The lowest BCUT2D eigenvalue weighted by molar-refractivity contribution is 0.593. The first-order valence-corrected chi connectivity index (χ1v) is 7.65. The third kappa shape index (κ3) is 2.80. The van der Waals surface area contributed by atoms with Gasteiger partial charge in [0, 0.05) is 11.9 Å². The number of halogens is 1. The standard InChI is InChI=1S/C14H15FN2O2S/c1-9-7-17-13(10(2)14(9)16)8-20(18,19)12-5-3-11(15)4-6-12/h3-7H,8H2,1-2H3,(H2,16,17). The Morgan fingerprint density at radius 3 is 2.40 bits per heavy atom. The van der Waals surface area contributed by atoms with E-state index < -0.39 is 15.7 Å². The van der Waals surface area contributed by atoms with Crippen LogP contribution in [0.2, 0.25) is 0 Å². The molecule has 0 spiro atoms. The maximum Gasteiger partial charge on any atom is 0.184 e. The number of sulfone groups is 1. The average molecular weight is 294 g/mol. The summed E-state index contributed by atoms with van der Waals surface area (Å²) in [6.45, 7) is 3.55. The zero-order valence-electron chi connectivity index (χ0n) is 11.2. The van der Waals surface area contributed by atoms with Gasteiger partial charge < -0.3 is 5.73 Å². The third-order valence-electron chi connectivity index (χ3n) is 3.18. The molecule has 106 valence electrons. The molecule has 0 radical (unpaired) electrons. The van der Waals surface area contributed by atoms with E-state index in [9.17, 15) is 12.8 Å². The molecule has 1 aromatic heterocycles. The van der Waals surface area contributed by atoms with Gasteiger partial charge in [-0.15, -0.1) is 0 Å². The first-order chi connectivity index (χ1) is 9.31. The van der Waals surface area contributed by atoms with Crippen LogP contribution in [-0.4, -0.2) is 13.4 Å². The Morgan fingerprint density at radius 2 is 1.80 bits per heavy atom. The monoisotopic (exact) mass is 294 g/mol. The minimum Gasteiger partial charge on any atom is -0.398 e. The summed E-state index contributed by atoms with van der Waals surface area (Å²) in [5.41, 5.74) is 8.31. The fraction of sp³-hybridized carbons (Fsp3) is 0.214. The molecule has 0 aliphatic carbocycles. The highest BCUT2D eigenvalue weighted by Gasteiger charge is 2.18. The molecule has 2 N–H and O–H groups in total. The molecule has 1 aromatic carbocycles. The number of benzene rings is 1. The molecule has 4 nitrogen and oxygen atoms in total. The van der Waals surface area contributed by atoms with Crippen molar-refractivity contribution < 1.29 is 12.8 Å². The lowest BCUT2D eigenvalue weighted by atomic mass is 10.1. The van der Waals surface area contributed by atoms with E-state index in [1.807, 2.05) is 6.92 Å². The number of nitrogens with two attached hydrogens (primary N) is 1. The van der Waals surface area contributed by atoms with Crippen molar-refractivity contribution in [2.45, 2.75) is 24.5 Å². The second-order valence-electron chi connectivity index (χ2n) is 4.64. The van der Waals surface area contributed by atoms with Crippen molar-refractivity contribution >= 4 is 15.5 Å². The molecule has 0 aliphatic heterocycles. The SMILES string of the molecule is Cc1cnc(CS(=O)(=O)c2ccc(F)cc2)c(C)c1N. The van der Waals surface area contributed by atoms with E-state index in [1.165, 1.54) is 12.1 Å². The number of pyridine rings is 1. The molecule has 2 aromatic rings. The Kier molecular flexibility index (Phi) is 3.76. The van der Waals surface area contributed by atoms with Crippen LogP contribution in [0.1, 0.15) is 16.8 Å². The summed E-state index contributed by atoms with van der Waals surface area (Å²) in [5.74, 6) is -0.729. The highest BCUT2D eigenvalue weighted by molar-refractivity contribution is 7.90. The second kappa shape index (κ2) is 5.20. The van der Waals surface area contributed by atoms with Gasteiger partial charge in [-0.1, -0.05) is 0 Å². The van der Waals surface area contributed by atoms with Crippen molar-refractivity contribution in [3.63, 3.8) is 0 Å². The van der Waals surface area contributed by atoms with Crippen LogP contribution in [0, 0.1) is 19.7 Å². The van der Waals surface area contributed by atoms with Crippen molar-refractivity contribution in [2.75, 3.05) is 5.73 Å². The summed E-state index contributed by atoms with van der Waals surface area (Å²) >= 11 is 0. The first kappa shape index (κ1) is 14.5. The summed E-state index contributed by atoms with van der Waals surface area (Å²) in [7, 11) is -3.57. The van der Waals surface area contributed by atoms with Crippen molar-refractivity contribution in [2.24, 2.45) is 0 Å². The van der Waals surface area contributed by atoms with E-state index >= 15 is 0 Å². The zero-order chi connectivity index (χ0) is 14.9. The maximum atomic E-state index is 12.8. The van der Waals surface area contributed by atoms with E-state index in [1.54, 1.807) is 13.1 Å². The maximum absolute atomic E-state index is 12.8. The molecule has 2 rings (SSSR count). The molecule has 0 aliphatic rings. The molecular weight excluding hydrogens is 279 g/mol. The van der Waals surface area contributed by atoms with Gasteiger partial charge in [0.1, 0.15) is 5.82 Å². The largest absolute Gasteiger partial charge is 0.398 e. The summed E-state index contributed by atoms with van der Waals surface area (Å²) in [6, 6.07) is 4.74. The van der Waals surface area contributed by atoms with Crippen LogP contribution in [0.25, 0.3) is 0 Å². The van der Waals surface area contributed by atoms with Crippen LogP contribution < -0.4 is 5.73 Å². The second-order valence-corrected chi connectivity index (χ2v) is 6.63. The number of nitrogen functional groups attached to an aromatic ring is 1. The molecule has 0 saturated heterocycles. The molecule has 0 amide bonds. The van der Waals surface area contributed by atoms with Crippen LogP contribution in [0.5, 0.6) is 0 Å². The van der Waals surface area contributed by atoms with Crippen molar-refractivity contribution in [1.29, 1.82) is 0 Å². The van der Waals surface area contributed by atoms with Gasteiger partial charge in [-0.25, -0.2) is 12.8 Å². The molecule has 0 saturated carbocycles. The van der Waals surface area contributed by atoms with E-state index in [-0.39, 0.29) is 10.6 Å². The van der Waals surface area contributed by atoms with Gasteiger partial charge >= 0.3 is 0 Å². The van der Waals surface area contributed by atoms with Crippen LogP contribution >= 0.6 is 0 Å². The molecule has 6 heteroatoms. The van der Waals surface area contributed by atoms with Crippen LogP contribution in [0.4, 0.5) is 10.1 Å². The van der Waals surface area contributed by atoms with E-state index in [0.29, 0.717) is 16.9 Å². The van der Waals surface area contributed by atoms with Gasteiger partial charge in [0.05, 0.1) is 16.3 Å². The third-order valence-corrected chi connectivity index (χ3v) is 4.82. The molecule has 0 unspecified atom stereocenters. The molecular formula is C14H15FN2O2S. The number of hydrogen-bond acceptors (Lipinski definition) is 4. The van der Waals surface area contributed by atoms with Gasteiger partial charge in [0.15, 0.2) is 9.84 Å². The van der Waals surface area contributed by atoms with Crippen molar-refractivity contribution in [1.82, 2.24) is 4.98 Å². The van der Waals surface area contributed by atoms with Gasteiger partial charge in [0.2, 0.25) is 0 Å². The summed E-state index contributed by atoms with van der Waals surface area (Å²) < 4.78 is 37.4. The summed E-state index contributed by atoms with van der Waals surface area (Å²) in [4.78, 5) is 4.20. The van der Waals surface area contributed by atoms with Gasteiger partial charge in [-0.3, -0.25) is 4.98 Å². The number of rotatable bonds is 3. The topological polar surface area (TPSA) is 73.0 Å². The average Bonchev–Trinajstić information content (AvgIpc) is 2.40. The van der Waals surface area contributed by atoms with Gasteiger partial charge in [0.25, 0.3) is 0 Å². The number of anilines is 1. The molecule has 20 heavy (non-hydrogen) atoms. The van der Waals surface area contributed by atoms with Crippen LogP contribution in [-0.2, 0) is 15.6 Å². The van der Waals surface area contributed by atoms with Crippen molar-refractivity contribution in [3.05, 3.63) is 53.1 Å². The normalized spacial score (nSPS) is 11.6. The number of aromatic nitrogens is 1. The zero-order valence-corrected chi connectivity index (χ0v) is 12.0. The minimum absolute atomic E-state index is 0.0687.